The van der Waals surface area contributed by atoms with E-state index in [1.807, 2.05) is 13.8 Å². The quantitative estimate of drug-likeness (QED) is 0.669. The molecule has 1 saturated heterocycles. The minimum absolute atomic E-state index is 0.0532. The van der Waals surface area contributed by atoms with E-state index in [1.165, 1.54) is 7.11 Å². The first-order valence-corrected chi connectivity index (χ1v) is 6.62. The van der Waals surface area contributed by atoms with Crippen molar-refractivity contribution in [2.45, 2.75) is 44.9 Å². The van der Waals surface area contributed by atoms with Crippen LogP contribution in [0.1, 0.15) is 26.7 Å². The van der Waals surface area contributed by atoms with Crippen LogP contribution in [-0.2, 0) is 19.1 Å². The second-order valence-corrected chi connectivity index (χ2v) is 5.27. The third-order valence-corrected chi connectivity index (χ3v) is 3.25. The van der Waals surface area contributed by atoms with Gasteiger partial charge >= 0.3 is 5.97 Å². The molecule has 0 radical (unpaired) electrons. The smallest absolute Gasteiger partial charge is 0.328 e. The van der Waals surface area contributed by atoms with Crippen LogP contribution in [0.15, 0.2) is 0 Å². The molecule has 1 amide bonds. The lowest BCUT2D eigenvalue weighted by molar-refractivity contribution is -0.145. The molecule has 110 valence electrons. The van der Waals surface area contributed by atoms with Gasteiger partial charge in [-0.1, -0.05) is 13.8 Å². The first-order valence-electron chi connectivity index (χ1n) is 6.62. The van der Waals surface area contributed by atoms with Crippen molar-refractivity contribution in [3.05, 3.63) is 0 Å². The van der Waals surface area contributed by atoms with Crippen molar-refractivity contribution in [2.24, 2.45) is 5.92 Å². The van der Waals surface area contributed by atoms with E-state index in [4.69, 9.17) is 9.47 Å². The number of rotatable bonds is 6. The largest absolute Gasteiger partial charge is 0.467 e. The van der Waals surface area contributed by atoms with E-state index in [2.05, 4.69) is 10.6 Å². The van der Waals surface area contributed by atoms with Crippen molar-refractivity contribution in [1.29, 1.82) is 0 Å². The number of esters is 1. The molecule has 0 aromatic rings. The second-order valence-electron chi connectivity index (χ2n) is 5.27. The molecule has 1 rings (SSSR count). The Morgan fingerprint density at radius 1 is 1.37 bits per heavy atom. The molecule has 0 bridgehead atoms. The number of amides is 1. The molecule has 0 aromatic carbocycles. The van der Waals surface area contributed by atoms with Gasteiger partial charge in [0, 0.05) is 13.7 Å². The molecule has 0 aromatic heterocycles. The second kappa shape index (κ2) is 7.45. The van der Waals surface area contributed by atoms with Crippen LogP contribution in [0, 0.1) is 5.92 Å². The molecule has 6 heteroatoms. The molecule has 0 aliphatic carbocycles. The summed E-state index contributed by atoms with van der Waals surface area (Å²) in [5, 5.41) is 5.84. The van der Waals surface area contributed by atoms with Gasteiger partial charge in [0.2, 0.25) is 5.91 Å². The van der Waals surface area contributed by atoms with Gasteiger partial charge in [-0.3, -0.25) is 4.79 Å². The summed E-state index contributed by atoms with van der Waals surface area (Å²) in [5.41, 5.74) is 0. The maximum Gasteiger partial charge on any atom is 0.328 e. The molecular weight excluding hydrogens is 248 g/mol. The summed E-state index contributed by atoms with van der Waals surface area (Å²) >= 11 is 0. The Bertz CT molecular complexity index is 320. The molecule has 3 atom stereocenters. The summed E-state index contributed by atoms with van der Waals surface area (Å²) in [6.45, 7) is 4.65. The predicted octanol–water partition coefficient (Wildman–Crippen LogP) is 0.0672. The molecule has 2 N–H and O–H groups in total. The number of carbonyl (C=O) groups is 2. The molecule has 19 heavy (non-hydrogen) atoms. The molecule has 1 heterocycles. The summed E-state index contributed by atoms with van der Waals surface area (Å²) in [4.78, 5) is 23.7. The summed E-state index contributed by atoms with van der Waals surface area (Å²) in [7, 11) is 2.96. The topological polar surface area (TPSA) is 76.7 Å². The minimum Gasteiger partial charge on any atom is -0.467 e. The van der Waals surface area contributed by atoms with Gasteiger partial charge in [-0.2, -0.15) is 0 Å². The third kappa shape index (κ3) is 4.80. The highest BCUT2D eigenvalue weighted by molar-refractivity contribution is 5.87. The average Bonchev–Trinajstić information content (AvgIpc) is 2.85. The fourth-order valence-electron chi connectivity index (χ4n) is 2.18. The van der Waals surface area contributed by atoms with E-state index in [0.717, 1.165) is 0 Å². The number of carbonyl (C=O) groups excluding carboxylic acids is 2. The van der Waals surface area contributed by atoms with Crippen molar-refractivity contribution >= 4 is 11.9 Å². The zero-order chi connectivity index (χ0) is 14.4. The van der Waals surface area contributed by atoms with Crippen molar-refractivity contribution in [3.63, 3.8) is 0 Å². The molecule has 1 aliphatic heterocycles. The Kier molecular flexibility index (Phi) is 6.24. The van der Waals surface area contributed by atoms with Crippen molar-refractivity contribution in [2.75, 3.05) is 20.8 Å². The Hall–Kier alpha value is -1.14. The van der Waals surface area contributed by atoms with Crippen molar-refractivity contribution < 1.29 is 19.1 Å². The van der Waals surface area contributed by atoms with E-state index in [0.29, 0.717) is 25.3 Å². The predicted molar refractivity (Wildman–Crippen MR) is 70.6 cm³/mol. The molecule has 0 saturated carbocycles. The minimum atomic E-state index is -0.583. The molecule has 1 fully saturated rings. The van der Waals surface area contributed by atoms with Gasteiger partial charge in [0.25, 0.3) is 0 Å². The van der Waals surface area contributed by atoms with E-state index in [-0.39, 0.29) is 18.1 Å². The Morgan fingerprint density at radius 2 is 2.05 bits per heavy atom. The third-order valence-electron chi connectivity index (χ3n) is 3.25. The lowest BCUT2D eigenvalue weighted by Crippen LogP contribution is -2.49. The highest BCUT2D eigenvalue weighted by atomic mass is 16.5. The lowest BCUT2D eigenvalue weighted by atomic mass is 10.0. The zero-order valence-corrected chi connectivity index (χ0v) is 12.1. The van der Waals surface area contributed by atoms with E-state index in [1.54, 1.807) is 7.11 Å². The highest BCUT2D eigenvalue weighted by Gasteiger charge is 2.32. The first kappa shape index (κ1) is 15.9. The van der Waals surface area contributed by atoms with Crippen molar-refractivity contribution in [1.82, 2.24) is 10.6 Å². The van der Waals surface area contributed by atoms with Gasteiger partial charge < -0.3 is 20.1 Å². The lowest BCUT2D eigenvalue weighted by Gasteiger charge is -2.20. The van der Waals surface area contributed by atoms with Crippen LogP contribution in [0.2, 0.25) is 0 Å². The summed E-state index contributed by atoms with van der Waals surface area (Å²) < 4.78 is 9.92. The van der Waals surface area contributed by atoms with Crippen LogP contribution in [0.4, 0.5) is 0 Å². The van der Waals surface area contributed by atoms with Crippen LogP contribution < -0.4 is 10.6 Å². The SMILES string of the molecule is COC(=O)C(CC(C)C)NC(=O)C1CC(OC)CN1. The van der Waals surface area contributed by atoms with Crippen LogP contribution in [0.5, 0.6) is 0 Å². The van der Waals surface area contributed by atoms with Crippen LogP contribution in [0.25, 0.3) is 0 Å². The zero-order valence-electron chi connectivity index (χ0n) is 12.1. The highest BCUT2D eigenvalue weighted by Crippen LogP contribution is 2.11. The molecular formula is C13H24N2O4. The fourth-order valence-corrected chi connectivity index (χ4v) is 2.18. The average molecular weight is 272 g/mol. The van der Waals surface area contributed by atoms with Gasteiger partial charge in [0.15, 0.2) is 0 Å². The number of ether oxygens (including phenoxy) is 2. The Morgan fingerprint density at radius 3 is 2.53 bits per heavy atom. The molecule has 0 spiro atoms. The van der Waals surface area contributed by atoms with E-state index < -0.39 is 12.0 Å². The standard InChI is InChI=1S/C13H24N2O4/c1-8(2)5-11(13(17)19-4)15-12(16)10-6-9(18-3)7-14-10/h8-11,14H,5-7H2,1-4H3,(H,15,16). The van der Waals surface area contributed by atoms with Crippen molar-refractivity contribution in [3.8, 4) is 0 Å². The fraction of sp³-hybridized carbons (Fsp3) is 0.846. The van der Waals surface area contributed by atoms with Gasteiger partial charge in [0.05, 0.1) is 19.3 Å². The van der Waals surface area contributed by atoms with Crippen LogP contribution in [0.3, 0.4) is 0 Å². The summed E-state index contributed by atoms with van der Waals surface area (Å²) in [6.07, 6.45) is 1.24. The number of hydrogen-bond acceptors (Lipinski definition) is 5. The van der Waals surface area contributed by atoms with E-state index >= 15 is 0 Å². The summed E-state index contributed by atoms with van der Waals surface area (Å²) in [6, 6.07) is -0.884. The van der Waals surface area contributed by atoms with Gasteiger partial charge in [0.1, 0.15) is 6.04 Å². The van der Waals surface area contributed by atoms with E-state index in [9.17, 15) is 9.59 Å². The Labute approximate surface area is 114 Å². The van der Waals surface area contributed by atoms with Crippen LogP contribution in [-0.4, -0.2) is 50.8 Å². The normalized spacial score (nSPS) is 24.3. The number of hydrogen-bond donors (Lipinski definition) is 2. The molecule has 6 nitrogen and oxygen atoms in total. The number of methoxy groups -OCH3 is 2. The Balaban J connectivity index is 2.53. The van der Waals surface area contributed by atoms with Gasteiger partial charge in [-0.05, 0) is 18.8 Å². The number of nitrogens with one attached hydrogen (secondary N) is 2. The molecule has 1 aliphatic rings. The maximum absolute atomic E-state index is 12.1. The van der Waals surface area contributed by atoms with Gasteiger partial charge in [-0.25, -0.2) is 4.79 Å². The van der Waals surface area contributed by atoms with Gasteiger partial charge in [-0.15, -0.1) is 0 Å². The summed E-state index contributed by atoms with van der Waals surface area (Å²) in [5.74, 6) is -0.272. The first-order chi connectivity index (χ1) is 8.97. The monoisotopic (exact) mass is 272 g/mol. The molecule has 3 unspecified atom stereocenters. The maximum atomic E-state index is 12.1. The van der Waals surface area contributed by atoms with Crippen LogP contribution >= 0.6 is 0 Å².